The lowest BCUT2D eigenvalue weighted by atomic mass is 10.1. The van der Waals surface area contributed by atoms with Gasteiger partial charge in [0.2, 0.25) is 0 Å². The quantitative estimate of drug-likeness (QED) is 0.503. The van der Waals surface area contributed by atoms with Gasteiger partial charge in [0, 0.05) is 4.88 Å². The van der Waals surface area contributed by atoms with Crippen molar-refractivity contribution in [3.63, 3.8) is 0 Å². The Morgan fingerprint density at radius 2 is 2.12 bits per heavy atom. The number of hydrogen-bond acceptors (Lipinski definition) is 9. The fourth-order valence-corrected chi connectivity index (χ4v) is 3.51. The molecule has 9 nitrogen and oxygen atoms in total. The van der Waals surface area contributed by atoms with E-state index in [-0.39, 0.29) is 6.61 Å². The van der Waals surface area contributed by atoms with Gasteiger partial charge in [-0.15, -0.1) is 11.3 Å². The number of fused-ring (bicyclic) bond motifs is 1. The summed E-state index contributed by atoms with van der Waals surface area (Å²) in [5.74, 6) is 0.573. The molecule has 0 amide bonds. The Hall–Kier alpha value is -2.11. The Labute approximate surface area is 146 Å². The van der Waals surface area contributed by atoms with Gasteiger partial charge in [0.15, 0.2) is 23.2 Å². The summed E-state index contributed by atoms with van der Waals surface area (Å²) in [5, 5.41) is 34.6. The van der Waals surface area contributed by atoms with Crippen molar-refractivity contribution in [2.45, 2.75) is 31.1 Å². The van der Waals surface area contributed by atoms with Crippen LogP contribution in [0.4, 0.5) is 5.82 Å². The van der Waals surface area contributed by atoms with Crippen LogP contribution in [0.3, 0.4) is 0 Å². The van der Waals surface area contributed by atoms with Gasteiger partial charge in [0.25, 0.3) is 0 Å². The lowest BCUT2D eigenvalue weighted by molar-refractivity contribution is -0.0511. The second-order valence-electron chi connectivity index (χ2n) is 5.71. The number of rotatable bonds is 5. The second kappa shape index (κ2) is 6.65. The number of ether oxygens (including phenoxy) is 1. The average molecular weight is 363 g/mol. The number of anilines is 1. The van der Waals surface area contributed by atoms with Gasteiger partial charge in [-0.1, -0.05) is 6.07 Å². The topological polar surface area (TPSA) is 126 Å². The van der Waals surface area contributed by atoms with Crippen molar-refractivity contribution in [3.8, 4) is 0 Å². The SMILES string of the molecule is OC[C@H]1O[C@@H](n2cnc3c(NCc4cccs4)ncnc32)C(O)[C@H]1O. The molecule has 25 heavy (non-hydrogen) atoms. The molecule has 3 aromatic rings. The van der Waals surface area contributed by atoms with Crippen LogP contribution in [0.15, 0.2) is 30.2 Å². The van der Waals surface area contributed by atoms with Crippen LogP contribution in [0, 0.1) is 0 Å². The maximum absolute atomic E-state index is 10.2. The van der Waals surface area contributed by atoms with Crippen molar-refractivity contribution >= 4 is 28.3 Å². The van der Waals surface area contributed by atoms with Crippen LogP contribution in [-0.4, -0.2) is 59.8 Å². The Kier molecular flexibility index (Phi) is 4.36. The number of aliphatic hydroxyl groups excluding tert-OH is 3. The Bertz CT molecular complexity index is 855. The predicted molar refractivity (Wildman–Crippen MR) is 90.0 cm³/mol. The average Bonchev–Trinajstić information content (AvgIpc) is 3.34. The molecule has 3 aromatic heterocycles. The summed E-state index contributed by atoms with van der Waals surface area (Å²) in [4.78, 5) is 13.9. The number of nitrogens with one attached hydrogen (secondary N) is 1. The van der Waals surface area contributed by atoms with Gasteiger partial charge in [-0.3, -0.25) is 4.57 Å². The summed E-state index contributed by atoms with van der Waals surface area (Å²) < 4.78 is 7.08. The molecule has 4 N–H and O–H groups in total. The van der Waals surface area contributed by atoms with Crippen molar-refractivity contribution in [2.24, 2.45) is 0 Å². The molecule has 0 aliphatic carbocycles. The van der Waals surface area contributed by atoms with Crippen LogP contribution >= 0.6 is 11.3 Å². The van der Waals surface area contributed by atoms with E-state index in [1.54, 1.807) is 11.3 Å². The van der Waals surface area contributed by atoms with E-state index in [9.17, 15) is 15.3 Å². The molecule has 0 radical (unpaired) electrons. The van der Waals surface area contributed by atoms with Crippen molar-refractivity contribution in [1.29, 1.82) is 0 Å². The predicted octanol–water partition coefficient (Wildman–Crippen LogP) is 0.111. The van der Waals surface area contributed by atoms with Crippen molar-refractivity contribution in [1.82, 2.24) is 19.5 Å². The molecule has 0 spiro atoms. The molecule has 1 saturated heterocycles. The molecule has 10 heteroatoms. The van der Waals surface area contributed by atoms with E-state index in [1.807, 2.05) is 17.5 Å². The van der Waals surface area contributed by atoms with E-state index in [4.69, 9.17) is 4.74 Å². The first-order valence-corrected chi connectivity index (χ1v) is 8.63. The lowest BCUT2D eigenvalue weighted by Gasteiger charge is -2.16. The number of aromatic nitrogens is 4. The summed E-state index contributed by atoms with van der Waals surface area (Å²) in [6.07, 6.45) is -1.21. The number of nitrogens with zero attached hydrogens (tertiary/aromatic N) is 4. The minimum Gasteiger partial charge on any atom is -0.394 e. The zero-order valence-electron chi connectivity index (χ0n) is 13.1. The van der Waals surface area contributed by atoms with Crippen LogP contribution in [0.25, 0.3) is 11.2 Å². The maximum Gasteiger partial charge on any atom is 0.167 e. The minimum atomic E-state index is -1.19. The number of aliphatic hydroxyl groups is 3. The van der Waals surface area contributed by atoms with Crippen molar-refractivity contribution in [2.75, 3.05) is 11.9 Å². The highest BCUT2D eigenvalue weighted by atomic mass is 32.1. The van der Waals surface area contributed by atoms with Gasteiger partial charge >= 0.3 is 0 Å². The molecule has 0 aromatic carbocycles. The van der Waals surface area contributed by atoms with Gasteiger partial charge in [-0.25, -0.2) is 15.0 Å². The first-order valence-electron chi connectivity index (χ1n) is 7.75. The van der Waals surface area contributed by atoms with E-state index in [1.165, 1.54) is 17.2 Å². The van der Waals surface area contributed by atoms with Crippen molar-refractivity contribution in [3.05, 3.63) is 35.0 Å². The lowest BCUT2D eigenvalue weighted by Crippen LogP contribution is -2.33. The van der Waals surface area contributed by atoms with Crippen LogP contribution in [-0.2, 0) is 11.3 Å². The van der Waals surface area contributed by atoms with Gasteiger partial charge in [-0.05, 0) is 11.4 Å². The standard InChI is InChI=1S/C15H17N5O4S/c21-5-9-11(22)12(23)15(24-9)20-7-19-10-13(17-6-18-14(10)20)16-4-8-2-1-3-25-8/h1-3,6-7,9,11-12,15,21-23H,4-5H2,(H,16,17,18)/t9-,11+,12?,15-/m1/s1. The monoisotopic (exact) mass is 363 g/mol. The Balaban J connectivity index is 1.63. The summed E-state index contributed by atoms with van der Waals surface area (Å²) in [7, 11) is 0. The van der Waals surface area contributed by atoms with Crippen LogP contribution in [0.2, 0.25) is 0 Å². The first kappa shape index (κ1) is 16.4. The summed E-state index contributed by atoms with van der Waals surface area (Å²) in [6.45, 7) is 0.231. The summed E-state index contributed by atoms with van der Waals surface area (Å²) >= 11 is 1.64. The van der Waals surface area contributed by atoms with E-state index in [2.05, 4.69) is 20.3 Å². The van der Waals surface area contributed by atoms with Gasteiger partial charge in [-0.2, -0.15) is 0 Å². The third-order valence-electron chi connectivity index (χ3n) is 4.16. The molecule has 1 aliphatic heterocycles. The molecule has 1 unspecified atom stereocenters. The fourth-order valence-electron chi connectivity index (χ4n) is 2.86. The normalized spacial score (nSPS) is 26.4. The van der Waals surface area contributed by atoms with E-state index < -0.39 is 24.5 Å². The molecule has 1 fully saturated rings. The summed E-state index contributed by atoms with van der Waals surface area (Å²) in [5.41, 5.74) is 1.01. The fraction of sp³-hybridized carbons (Fsp3) is 0.400. The minimum absolute atomic E-state index is 0.385. The van der Waals surface area contributed by atoms with Crippen LogP contribution < -0.4 is 5.32 Å². The smallest absolute Gasteiger partial charge is 0.167 e. The molecular formula is C15H17N5O4S. The molecule has 132 valence electrons. The largest absolute Gasteiger partial charge is 0.394 e. The third-order valence-corrected chi connectivity index (χ3v) is 5.04. The Morgan fingerprint density at radius 1 is 1.24 bits per heavy atom. The zero-order chi connectivity index (χ0) is 17.4. The highest BCUT2D eigenvalue weighted by molar-refractivity contribution is 7.09. The van der Waals surface area contributed by atoms with Gasteiger partial charge in [0.05, 0.1) is 19.5 Å². The highest BCUT2D eigenvalue weighted by Gasteiger charge is 2.44. The van der Waals surface area contributed by atoms with E-state index in [0.29, 0.717) is 23.5 Å². The van der Waals surface area contributed by atoms with Crippen molar-refractivity contribution < 1.29 is 20.1 Å². The molecule has 4 heterocycles. The van der Waals surface area contributed by atoms with Gasteiger partial charge in [0.1, 0.15) is 24.6 Å². The van der Waals surface area contributed by atoms with E-state index in [0.717, 1.165) is 4.88 Å². The maximum atomic E-state index is 10.2. The van der Waals surface area contributed by atoms with Crippen LogP contribution in [0.1, 0.15) is 11.1 Å². The third kappa shape index (κ3) is 2.87. The summed E-state index contributed by atoms with van der Waals surface area (Å²) in [6, 6.07) is 4.00. The first-order chi connectivity index (χ1) is 12.2. The molecule has 4 atom stereocenters. The van der Waals surface area contributed by atoms with E-state index >= 15 is 0 Å². The number of thiophene rings is 1. The van der Waals surface area contributed by atoms with Gasteiger partial charge < -0.3 is 25.4 Å². The number of hydrogen-bond donors (Lipinski definition) is 4. The molecule has 0 saturated carbocycles. The molecule has 1 aliphatic rings. The molecule has 4 rings (SSSR count). The molecular weight excluding hydrogens is 346 g/mol. The Morgan fingerprint density at radius 3 is 2.84 bits per heavy atom. The van der Waals surface area contributed by atoms with Crippen LogP contribution in [0.5, 0.6) is 0 Å². The second-order valence-corrected chi connectivity index (χ2v) is 6.74. The highest BCUT2D eigenvalue weighted by Crippen LogP contribution is 2.32. The molecule has 0 bridgehead atoms. The zero-order valence-corrected chi connectivity index (χ0v) is 13.9. The number of imidazole rings is 1.